The van der Waals surface area contributed by atoms with Crippen LogP contribution in [0.1, 0.15) is 25.3 Å². The molecule has 3 rings (SSSR count). The van der Waals surface area contributed by atoms with Gasteiger partial charge in [-0.1, -0.05) is 19.1 Å². The number of guanidine groups is 1. The number of ether oxygens (including phenoxy) is 1. The van der Waals surface area contributed by atoms with E-state index in [4.69, 9.17) is 4.74 Å². The molecule has 33 heavy (non-hydrogen) atoms. The number of anilines is 1. The highest BCUT2D eigenvalue weighted by atomic mass is 127. The van der Waals surface area contributed by atoms with Gasteiger partial charge < -0.3 is 25.2 Å². The smallest absolute Gasteiger partial charge is 0.234 e. The molecule has 0 saturated carbocycles. The molecular formula is C24H41IN6O2. The van der Waals surface area contributed by atoms with Gasteiger partial charge in [0.25, 0.3) is 0 Å². The van der Waals surface area contributed by atoms with E-state index >= 15 is 0 Å². The molecule has 2 heterocycles. The normalized spacial score (nSPS) is 18.1. The molecule has 9 heteroatoms. The Labute approximate surface area is 216 Å². The topological polar surface area (TPSA) is 72.4 Å². The van der Waals surface area contributed by atoms with E-state index in [9.17, 15) is 4.79 Å². The Bertz CT molecular complexity index is 729. The van der Waals surface area contributed by atoms with Gasteiger partial charge in [0.05, 0.1) is 13.2 Å². The Morgan fingerprint density at radius 2 is 1.73 bits per heavy atom. The van der Waals surface area contributed by atoms with Crippen molar-refractivity contribution >= 4 is 41.5 Å². The fraction of sp³-hybridized carbons (Fsp3) is 0.667. The van der Waals surface area contributed by atoms with E-state index in [2.05, 4.69) is 61.5 Å². The van der Waals surface area contributed by atoms with E-state index < -0.39 is 0 Å². The summed E-state index contributed by atoms with van der Waals surface area (Å²) in [5.41, 5.74) is 2.58. The van der Waals surface area contributed by atoms with Crippen LogP contribution in [0.15, 0.2) is 29.3 Å². The molecule has 186 valence electrons. The number of nitrogens with one attached hydrogen (secondary N) is 2. The van der Waals surface area contributed by atoms with Crippen molar-refractivity contribution in [3.8, 4) is 0 Å². The SMILES string of the molecule is CN=C(NCc1ccc(N2CCC(C)CC2)cc1)N1CCN(CC(=O)NCCOC)CC1.I. The lowest BCUT2D eigenvalue weighted by Gasteiger charge is -2.36. The van der Waals surface area contributed by atoms with Crippen LogP contribution in [-0.4, -0.2) is 94.8 Å². The maximum Gasteiger partial charge on any atom is 0.234 e. The van der Waals surface area contributed by atoms with Crippen LogP contribution < -0.4 is 15.5 Å². The summed E-state index contributed by atoms with van der Waals surface area (Å²) in [6.45, 7) is 10.4. The number of carbonyl (C=O) groups excluding carboxylic acids is 1. The van der Waals surface area contributed by atoms with Gasteiger partial charge in [0, 0.05) is 72.2 Å². The Hall–Kier alpha value is -1.59. The maximum atomic E-state index is 12.0. The monoisotopic (exact) mass is 572 g/mol. The molecule has 2 fully saturated rings. The third kappa shape index (κ3) is 8.94. The first-order valence-electron chi connectivity index (χ1n) is 11.9. The van der Waals surface area contributed by atoms with Crippen LogP contribution in [0.5, 0.6) is 0 Å². The van der Waals surface area contributed by atoms with Crippen molar-refractivity contribution in [1.29, 1.82) is 0 Å². The van der Waals surface area contributed by atoms with Crippen LogP contribution in [0, 0.1) is 5.92 Å². The fourth-order valence-corrected chi connectivity index (χ4v) is 4.27. The summed E-state index contributed by atoms with van der Waals surface area (Å²) in [6.07, 6.45) is 2.57. The van der Waals surface area contributed by atoms with Gasteiger partial charge in [-0.2, -0.15) is 0 Å². The van der Waals surface area contributed by atoms with E-state index in [1.54, 1.807) is 7.11 Å². The van der Waals surface area contributed by atoms with E-state index in [0.717, 1.165) is 57.7 Å². The molecule has 0 radical (unpaired) electrons. The third-order valence-corrected chi connectivity index (χ3v) is 6.41. The summed E-state index contributed by atoms with van der Waals surface area (Å²) in [6, 6.07) is 8.92. The quantitative estimate of drug-likeness (QED) is 0.215. The van der Waals surface area contributed by atoms with Gasteiger partial charge in [0.2, 0.25) is 5.91 Å². The number of benzene rings is 1. The first kappa shape index (κ1) is 27.7. The lowest BCUT2D eigenvalue weighted by atomic mass is 9.99. The highest BCUT2D eigenvalue weighted by molar-refractivity contribution is 14.0. The molecule has 0 spiro atoms. The van der Waals surface area contributed by atoms with Gasteiger partial charge in [0.15, 0.2) is 5.96 Å². The van der Waals surface area contributed by atoms with Crippen LogP contribution in [-0.2, 0) is 16.1 Å². The van der Waals surface area contributed by atoms with Crippen molar-refractivity contribution in [3.05, 3.63) is 29.8 Å². The van der Waals surface area contributed by atoms with Crippen LogP contribution in [0.3, 0.4) is 0 Å². The number of piperazine rings is 1. The molecule has 0 aliphatic carbocycles. The first-order valence-corrected chi connectivity index (χ1v) is 11.9. The van der Waals surface area contributed by atoms with Crippen molar-refractivity contribution in [2.75, 3.05) is 78.0 Å². The van der Waals surface area contributed by atoms with Gasteiger partial charge in [-0.15, -0.1) is 24.0 Å². The largest absolute Gasteiger partial charge is 0.383 e. The average Bonchev–Trinajstić information content (AvgIpc) is 2.81. The summed E-state index contributed by atoms with van der Waals surface area (Å²) < 4.78 is 4.97. The van der Waals surface area contributed by atoms with Gasteiger partial charge in [-0.05, 0) is 36.5 Å². The molecule has 0 atom stereocenters. The minimum absolute atomic E-state index is 0. The van der Waals surface area contributed by atoms with Crippen molar-refractivity contribution in [2.24, 2.45) is 10.9 Å². The summed E-state index contributed by atoms with van der Waals surface area (Å²) >= 11 is 0. The highest BCUT2D eigenvalue weighted by Crippen LogP contribution is 2.23. The summed E-state index contributed by atoms with van der Waals surface area (Å²) in [5.74, 6) is 1.82. The second kappa shape index (κ2) is 14.6. The van der Waals surface area contributed by atoms with E-state index in [1.807, 2.05) is 7.05 Å². The second-order valence-corrected chi connectivity index (χ2v) is 8.84. The Morgan fingerprint density at radius 3 is 2.33 bits per heavy atom. The number of methoxy groups -OCH3 is 1. The van der Waals surface area contributed by atoms with Gasteiger partial charge in [-0.25, -0.2) is 0 Å². The second-order valence-electron chi connectivity index (χ2n) is 8.84. The van der Waals surface area contributed by atoms with Crippen molar-refractivity contribution in [2.45, 2.75) is 26.3 Å². The number of nitrogens with zero attached hydrogens (tertiary/aromatic N) is 4. The van der Waals surface area contributed by atoms with Crippen molar-refractivity contribution in [3.63, 3.8) is 0 Å². The predicted molar refractivity (Wildman–Crippen MR) is 146 cm³/mol. The maximum absolute atomic E-state index is 12.0. The van der Waals surface area contributed by atoms with Crippen LogP contribution in [0.4, 0.5) is 5.69 Å². The summed E-state index contributed by atoms with van der Waals surface area (Å²) in [7, 11) is 3.47. The minimum atomic E-state index is 0. The molecule has 2 aliphatic heterocycles. The molecular weight excluding hydrogens is 531 g/mol. The third-order valence-electron chi connectivity index (χ3n) is 6.41. The molecule has 2 N–H and O–H groups in total. The molecule has 0 aromatic heterocycles. The Morgan fingerprint density at radius 1 is 1.06 bits per heavy atom. The Balaban J connectivity index is 0.00000385. The molecule has 2 saturated heterocycles. The average molecular weight is 573 g/mol. The van der Waals surface area contributed by atoms with Gasteiger partial charge in [0.1, 0.15) is 0 Å². The molecule has 1 amide bonds. The summed E-state index contributed by atoms with van der Waals surface area (Å²) in [4.78, 5) is 23.4. The zero-order valence-corrected chi connectivity index (χ0v) is 22.7. The Kier molecular flexibility index (Phi) is 12.3. The van der Waals surface area contributed by atoms with E-state index in [-0.39, 0.29) is 29.9 Å². The molecule has 8 nitrogen and oxygen atoms in total. The summed E-state index contributed by atoms with van der Waals surface area (Å²) in [5, 5.41) is 6.38. The number of amides is 1. The number of carbonyl (C=O) groups is 1. The van der Waals surface area contributed by atoms with Gasteiger partial charge >= 0.3 is 0 Å². The van der Waals surface area contributed by atoms with Crippen LogP contribution >= 0.6 is 24.0 Å². The zero-order valence-electron chi connectivity index (χ0n) is 20.4. The van der Waals surface area contributed by atoms with Crippen LogP contribution in [0.2, 0.25) is 0 Å². The number of aliphatic imine (C=N–C) groups is 1. The van der Waals surface area contributed by atoms with E-state index in [1.165, 1.54) is 24.1 Å². The number of hydrogen-bond donors (Lipinski definition) is 2. The van der Waals surface area contributed by atoms with Crippen molar-refractivity contribution in [1.82, 2.24) is 20.4 Å². The fourth-order valence-electron chi connectivity index (χ4n) is 4.27. The molecule has 2 aliphatic rings. The standard InChI is InChI=1S/C24H40N6O2.HI/c1-20-8-11-29(12-9-20)22-6-4-21(5-7-22)18-27-24(25-2)30-15-13-28(14-16-30)19-23(31)26-10-17-32-3;/h4-7,20H,8-19H2,1-3H3,(H,25,27)(H,26,31);1H. The highest BCUT2D eigenvalue weighted by Gasteiger charge is 2.21. The number of piperidine rings is 1. The minimum Gasteiger partial charge on any atom is -0.383 e. The number of rotatable bonds is 8. The zero-order chi connectivity index (χ0) is 22.8. The van der Waals surface area contributed by atoms with E-state index in [0.29, 0.717) is 19.7 Å². The van der Waals surface area contributed by atoms with Crippen LogP contribution in [0.25, 0.3) is 0 Å². The molecule has 0 unspecified atom stereocenters. The molecule has 1 aromatic rings. The predicted octanol–water partition coefficient (Wildman–Crippen LogP) is 2.00. The van der Waals surface area contributed by atoms with Crippen molar-refractivity contribution < 1.29 is 9.53 Å². The number of halogens is 1. The molecule has 0 bridgehead atoms. The lowest BCUT2D eigenvalue weighted by Crippen LogP contribution is -2.54. The van der Waals surface area contributed by atoms with Gasteiger partial charge in [-0.3, -0.25) is 14.7 Å². The molecule has 1 aromatic carbocycles. The first-order chi connectivity index (χ1) is 15.6. The lowest BCUT2D eigenvalue weighted by molar-refractivity contribution is -0.122. The number of hydrogen-bond acceptors (Lipinski definition) is 5.